The van der Waals surface area contributed by atoms with Gasteiger partial charge in [-0.25, -0.2) is 0 Å². The monoisotopic (exact) mass is 349 g/mol. The summed E-state index contributed by atoms with van der Waals surface area (Å²) >= 11 is 6.00. The van der Waals surface area contributed by atoms with Crippen molar-refractivity contribution in [3.05, 3.63) is 35.0 Å². The number of piperazine rings is 1. The number of hydrogen-bond acceptors (Lipinski definition) is 4. The molecular weight excluding hydrogens is 326 g/mol. The second-order valence-corrected chi connectivity index (χ2v) is 6.95. The Bertz CT molecular complexity index is 707. The van der Waals surface area contributed by atoms with Gasteiger partial charge in [0.2, 0.25) is 5.91 Å². The molecule has 0 bridgehead atoms. The Kier molecular flexibility index (Phi) is 5.43. The number of carbonyl (C=O) groups excluding carboxylic acids is 1. The number of carbonyl (C=O) groups is 1. The van der Waals surface area contributed by atoms with Gasteiger partial charge in [-0.15, -0.1) is 0 Å². The summed E-state index contributed by atoms with van der Waals surface area (Å²) in [6, 6.07) is 7.30. The highest BCUT2D eigenvalue weighted by molar-refractivity contribution is 6.31. The molecule has 1 aliphatic rings. The zero-order valence-electron chi connectivity index (χ0n) is 14.2. The molecule has 130 valence electrons. The minimum absolute atomic E-state index is 0.0555. The van der Waals surface area contributed by atoms with Crippen molar-refractivity contribution in [3.63, 3.8) is 0 Å². The maximum atomic E-state index is 12.2. The van der Waals surface area contributed by atoms with Crippen LogP contribution in [0.2, 0.25) is 5.02 Å². The number of amides is 1. The average molecular weight is 350 g/mol. The molecule has 0 unspecified atom stereocenters. The van der Waals surface area contributed by atoms with E-state index in [9.17, 15) is 4.79 Å². The largest absolute Gasteiger partial charge is 0.459 e. The van der Waals surface area contributed by atoms with Crippen LogP contribution in [-0.2, 0) is 4.79 Å². The van der Waals surface area contributed by atoms with Crippen molar-refractivity contribution in [1.82, 2.24) is 15.1 Å². The van der Waals surface area contributed by atoms with Gasteiger partial charge in [0.15, 0.2) is 0 Å². The number of fused-ring (bicyclic) bond motifs is 1. The summed E-state index contributed by atoms with van der Waals surface area (Å²) < 4.78 is 5.80. The minimum Gasteiger partial charge on any atom is -0.459 e. The van der Waals surface area contributed by atoms with E-state index in [4.69, 9.17) is 16.0 Å². The van der Waals surface area contributed by atoms with Gasteiger partial charge in [-0.2, -0.15) is 0 Å². The molecule has 1 saturated heterocycles. The topological polar surface area (TPSA) is 48.7 Å². The molecular formula is C18H24ClN3O2. The van der Waals surface area contributed by atoms with Gasteiger partial charge in [-0.3, -0.25) is 4.79 Å². The lowest BCUT2D eigenvalue weighted by Crippen LogP contribution is -2.45. The molecule has 1 aliphatic heterocycles. The van der Waals surface area contributed by atoms with Crippen LogP contribution < -0.4 is 5.32 Å². The predicted octanol–water partition coefficient (Wildman–Crippen LogP) is 2.90. The third-order valence-electron chi connectivity index (χ3n) is 4.55. The summed E-state index contributed by atoms with van der Waals surface area (Å²) in [6.45, 7) is 6.95. The number of rotatable bonds is 5. The Hall–Kier alpha value is -1.56. The molecule has 1 amide bonds. The number of nitrogens with one attached hydrogen (secondary N) is 1. The lowest BCUT2D eigenvalue weighted by Gasteiger charge is -2.32. The normalized spacial score (nSPS) is 18.0. The fraction of sp³-hybridized carbons (Fsp3) is 0.500. The second-order valence-electron chi connectivity index (χ2n) is 6.52. The minimum atomic E-state index is -0.156. The maximum absolute atomic E-state index is 12.2. The third kappa shape index (κ3) is 4.29. The molecule has 24 heavy (non-hydrogen) atoms. The Morgan fingerprint density at radius 1 is 1.29 bits per heavy atom. The van der Waals surface area contributed by atoms with E-state index in [0.29, 0.717) is 11.4 Å². The lowest BCUT2D eigenvalue weighted by atomic mass is 10.2. The lowest BCUT2D eigenvalue weighted by molar-refractivity contribution is -0.122. The number of hydrogen-bond donors (Lipinski definition) is 1. The summed E-state index contributed by atoms with van der Waals surface area (Å²) in [4.78, 5) is 16.8. The fourth-order valence-electron chi connectivity index (χ4n) is 2.96. The molecule has 0 saturated carbocycles. The predicted molar refractivity (Wildman–Crippen MR) is 96.3 cm³/mol. The van der Waals surface area contributed by atoms with Crippen LogP contribution in [0, 0.1) is 0 Å². The number of halogens is 1. The van der Waals surface area contributed by atoms with Gasteiger partial charge in [0.05, 0.1) is 6.04 Å². The van der Waals surface area contributed by atoms with Crippen LogP contribution in [0.5, 0.6) is 0 Å². The maximum Gasteiger partial charge on any atom is 0.221 e. The van der Waals surface area contributed by atoms with Crippen LogP contribution in [0.1, 0.15) is 25.1 Å². The summed E-state index contributed by atoms with van der Waals surface area (Å²) in [5.41, 5.74) is 0.785. The van der Waals surface area contributed by atoms with Crippen molar-refractivity contribution in [2.24, 2.45) is 0 Å². The number of furan rings is 1. The molecule has 2 heterocycles. The van der Waals surface area contributed by atoms with Gasteiger partial charge in [0.25, 0.3) is 0 Å². The Balaban J connectivity index is 1.51. The first-order valence-electron chi connectivity index (χ1n) is 8.40. The quantitative estimate of drug-likeness (QED) is 0.901. The smallest absolute Gasteiger partial charge is 0.221 e. The third-order valence-corrected chi connectivity index (χ3v) is 4.79. The van der Waals surface area contributed by atoms with Gasteiger partial charge < -0.3 is 19.5 Å². The van der Waals surface area contributed by atoms with Crippen molar-refractivity contribution in [2.75, 3.05) is 39.8 Å². The molecule has 0 radical (unpaired) electrons. The Labute approximate surface area is 147 Å². The summed E-state index contributed by atoms with van der Waals surface area (Å²) in [6.07, 6.45) is 0.514. The number of likely N-dealkylation sites (N-methyl/N-ethyl adjacent to an activating group) is 1. The first-order chi connectivity index (χ1) is 11.5. The van der Waals surface area contributed by atoms with E-state index >= 15 is 0 Å². The first-order valence-corrected chi connectivity index (χ1v) is 8.78. The highest BCUT2D eigenvalue weighted by atomic mass is 35.5. The molecule has 0 spiro atoms. The summed E-state index contributed by atoms with van der Waals surface area (Å²) in [5.74, 6) is 0.806. The molecule has 5 nitrogen and oxygen atoms in total. The van der Waals surface area contributed by atoms with Crippen LogP contribution in [0.25, 0.3) is 11.0 Å². The molecule has 1 N–H and O–H groups in total. The van der Waals surface area contributed by atoms with Gasteiger partial charge >= 0.3 is 0 Å². The Morgan fingerprint density at radius 3 is 2.79 bits per heavy atom. The zero-order chi connectivity index (χ0) is 17.1. The van der Waals surface area contributed by atoms with Crippen molar-refractivity contribution in [2.45, 2.75) is 19.4 Å². The fourth-order valence-corrected chi connectivity index (χ4v) is 3.14. The SMILES string of the molecule is C[C@@H](NC(=O)CCN1CCN(C)CC1)c1cc2cc(Cl)ccc2o1. The molecule has 3 rings (SSSR count). The summed E-state index contributed by atoms with van der Waals surface area (Å²) in [7, 11) is 2.13. The highest BCUT2D eigenvalue weighted by Gasteiger charge is 2.17. The van der Waals surface area contributed by atoms with Crippen molar-refractivity contribution in [1.29, 1.82) is 0 Å². The van der Waals surface area contributed by atoms with E-state index in [2.05, 4.69) is 22.2 Å². The van der Waals surface area contributed by atoms with E-state index in [1.807, 2.05) is 25.1 Å². The zero-order valence-corrected chi connectivity index (χ0v) is 15.0. The van der Waals surface area contributed by atoms with Crippen molar-refractivity contribution >= 4 is 28.5 Å². The number of nitrogens with zero attached hydrogens (tertiary/aromatic N) is 2. The van der Waals surface area contributed by atoms with E-state index in [1.54, 1.807) is 6.07 Å². The molecule has 1 aromatic heterocycles. The molecule has 6 heteroatoms. The molecule has 2 aromatic rings. The van der Waals surface area contributed by atoms with Crippen LogP contribution in [0.4, 0.5) is 0 Å². The molecule has 1 fully saturated rings. The van der Waals surface area contributed by atoms with Crippen LogP contribution >= 0.6 is 11.6 Å². The van der Waals surface area contributed by atoms with Gasteiger partial charge in [-0.05, 0) is 38.2 Å². The number of benzene rings is 1. The van der Waals surface area contributed by atoms with E-state index in [0.717, 1.165) is 49.5 Å². The molecule has 1 atom stereocenters. The average Bonchev–Trinajstić information content (AvgIpc) is 2.97. The summed E-state index contributed by atoms with van der Waals surface area (Å²) in [5, 5.41) is 4.65. The van der Waals surface area contributed by atoms with E-state index < -0.39 is 0 Å². The highest BCUT2D eigenvalue weighted by Crippen LogP contribution is 2.26. The first kappa shape index (κ1) is 17.3. The molecule has 1 aromatic carbocycles. The van der Waals surface area contributed by atoms with E-state index in [1.165, 1.54) is 0 Å². The van der Waals surface area contributed by atoms with Gasteiger partial charge in [0.1, 0.15) is 11.3 Å². The standard InChI is InChI=1S/C18H24ClN3O2/c1-13(17-12-14-11-15(19)3-4-16(14)24-17)20-18(23)5-6-22-9-7-21(2)8-10-22/h3-4,11-13H,5-10H2,1-2H3,(H,20,23)/t13-/m1/s1. The van der Waals surface area contributed by atoms with E-state index in [-0.39, 0.29) is 11.9 Å². The van der Waals surface area contributed by atoms with Gasteiger partial charge in [-0.1, -0.05) is 11.6 Å². The van der Waals surface area contributed by atoms with Crippen molar-refractivity contribution in [3.8, 4) is 0 Å². The van der Waals surface area contributed by atoms with Crippen molar-refractivity contribution < 1.29 is 9.21 Å². The van der Waals surface area contributed by atoms with Crippen LogP contribution in [0.3, 0.4) is 0 Å². The Morgan fingerprint density at radius 2 is 2.04 bits per heavy atom. The van der Waals surface area contributed by atoms with Crippen LogP contribution in [0.15, 0.2) is 28.7 Å². The second kappa shape index (κ2) is 7.55. The van der Waals surface area contributed by atoms with Crippen LogP contribution in [-0.4, -0.2) is 55.5 Å². The van der Waals surface area contributed by atoms with Gasteiger partial charge in [0, 0.05) is 49.6 Å². The molecule has 0 aliphatic carbocycles.